The van der Waals surface area contributed by atoms with E-state index >= 15 is 0 Å². The van der Waals surface area contributed by atoms with Crippen molar-refractivity contribution in [3.8, 4) is 0 Å². The van der Waals surface area contributed by atoms with E-state index in [4.69, 9.17) is 20.2 Å². The van der Waals surface area contributed by atoms with Crippen molar-refractivity contribution in [1.29, 1.82) is 0 Å². The molecule has 1 heterocycles. The van der Waals surface area contributed by atoms with Gasteiger partial charge in [0, 0.05) is 0 Å². The van der Waals surface area contributed by atoms with E-state index in [1.54, 1.807) is 24.4 Å². The van der Waals surface area contributed by atoms with E-state index in [2.05, 4.69) is 14.4 Å². The molecule has 0 aliphatic heterocycles. The van der Waals surface area contributed by atoms with E-state index in [1.165, 1.54) is 6.21 Å². The Morgan fingerprint density at radius 3 is 2.13 bits per heavy atom. The molecule has 0 unspecified atom stereocenters. The van der Waals surface area contributed by atoms with E-state index < -0.39 is 10.0 Å². The van der Waals surface area contributed by atoms with Crippen LogP contribution in [0.5, 0.6) is 0 Å². The number of hydrogen-bond acceptors (Lipinski definition) is 4. The van der Waals surface area contributed by atoms with E-state index in [-0.39, 0.29) is 13.1 Å². The summed E-state index contributed by atoms with van der Waals surface area (Å²) >= 11 is 0.194. The maximum atomic E-state index is 10.9. The third-order valence-electron chi connectivity index (χ3n) is 2.27. The fourth-order valence-corrected chi connectivity index (χ4v) is 1.72. The van der Waals surface area contributed by atoms with Gasteiger partial charge in [-0.3, -0.25) is 4.99 Å². The van der Waals surface area contributed by atoms with E-state index in [0.29, 0.717) is 11.4 Å². The third-order valence-corrected chi connectivity index (χ3v) is 2.76. The molecule has 1 aromatic heterocycles. The molecule has 1 aromatic carbocycles. The van der Waals surface area contributed by atoms with Crippen LogP contribution in [-0.4, -0.2) is 32.1 Å². The Labute approximate surface area is 150 Å². The van der Waals surface area contributed by atoms with Crippen LogP contribution >= 0.6 is 20.2 Å². The number of para-hydroxylation sites is 1. The molecule has 0 saturated heterocycles. The SMILES string of the molecule is CS(=O)(=O)/N=C/c1cccc(C=Nc2ccccc2)n1.[Cl][Fe][Cl]. The number of halogens is 2. The molecule has 0 radical (unpaired) electrons. The number of nitrogens with zero attached hydrogens (tertiary/aromatic N) is 3. The predicted octanol–water partition coefficient (Wildman–Crippen LogP) is 3.59. The zero-order chi connectivity index (χ0) is 17.1. The van der Waals surface area contributed by atoms with Crippen LogP contribution in [-0.2, 0) is 23.2 Å². The third kappa shape index (κ3) is 9.48. The summed E-state index contributed by atoms with van der Waals surface area (Å²) < 4.78 is 25.3. The molecule has 2 rings (SSSR count). The Bertz CT molecular complexity index is 769. The van der Waals surface area contributed by atoms with Crippen molar-refractivity contribution in [3.63, 3.8) is 0 Å². The van der Waals surface area contributed by atoms with Crippen LogP contribution in [0.1, 0.15) is 11.4 Å². The molecule has 0 atom stereocenters. The van der Waals surface area contributed by atoms with Crippen molar-refractivity contribution in [3.05, 3.63) is 59.9 Å². The Morgan fingerprint density at radius 1 is 1.00 bits per heavy atom. The Morgan fingerprint density at radius 2 is 1.57 bits per heavy atom. The minimum atomic E-state index is -3.39. The molecular weight excluding hydrogens is 401 g/mol. The number of rotatable bonds is 4. The Hall–Kier alpha value is -1.24. The molecule has 0 bridgehead atoms. The summed E-state index contributed by atoms with van der Waals surface area (Å²) in [6, 6.07) is 14.7. The Kier molecular flexibility index (Phi) is 9.06. The van der Waals surface area contributed by atoms with Crippen LogP contribution in [0.25, 0.3) is 0 Å². The first-order chi connectivity index (χ1) is 10.9. The second-order valence-electron chi connectivity index (χ2n) is 4.10. The van der Waals surface area contributed by atoms with Crippen molar-refractivity contribution < 1.29 is 21.6 Å². The molecular formula is C14H13Cl2FeN3O2S. The van der Waals surface area contributed by atoms with Crippen molar-refractivity contribution in [2.45, 2.75) is 0 Å². The number of aliphatic imine (C=N–C) groups is 1. The molecule has 0 N–H and O–H groups in total. The van der Waals surface area contributed by atoms with Crippen molar-refractivity contribution in [2.75, 3.05) is 6.26 Å². The molecule has 9 heteroatoms. The monoisotopic (exact) mass is 413 g/mol. The van der Waals surface area contributed by atoms with Crippen molar-refractivity contribution in [1.82, 2.24) is 4.98 Å². The standard InChI is InChI=1S/C14H13N3O2S.2ClH.Fe/c1-20(18,19)16-11-14-9-5-8-13(17-14)10-15-12-6-3-2-4-7-12;;;/h2-11H,1H3;2*1H;/q;;;+2/p-2/b15-10?,16-11+;;;. The first kappa shape index (κ1) is 19.8. The molecule has 0 spiro atoms. The van der Waals surface area contributed by atoms with Crippen LogP contribution in [0.4, 0.5) is 5.69 Å². The summed E-state index contributed by atoms with van der Waals surface area (Å²) in [6.07, 6.45) is 3.87. The van der Waals surface area contributed by atoms with Gasteiger partial charge in [0.05, 0.1) is 35.8 Å². The first-order valence-corrected chi connectivity index (χ1v) is 11.0. The molecule has 124 valence electrons. The van der Waals surface area contributed by atoms with Crippen LogP contribution in [0, 0.1) is 0 Å². The zero-order valence-corrected chi connectivity index (χ0v) is 15.4. The van der Waals surface area contributed by atoms with Crippen LogP contribution in [0.2, 0.25) is 0 Å². The van der Waals surface area contributed by atoms with Gasteiger partial charge >= 0.3 is 33.3 Å². The zero-order valence-electron chi connectivity index (χ0n) is 11.9. The number of aromatic nitrogens is 1. The van der Waals surface area contributed by atoms with Crippen molar-refractivity contribution in [2.24, 2.45) is 9.39 Å². The van der Waals surface area contributed by atoms with Gasteiger partial charge in [0.2, 0.25) is 10.0 Å². The fourth-order valence-electron chi connectivity index (χ4n) is 1.42. The number of sulfonamides is 1. The van der Waals surface area contributed by atoms with Gasteiger partial charge < -0.3 is 0 Å². The predicted molar refractivity (Wildman–Crippen MR) is 92.1 cm³/mol. The topological polar surface area (TPSA) is 71.8 Å². The molecule has 0 amide bonds. The van der Waals surface area contributed by atoms with Gasteiger partial charge in [-0.05, 0) is 24.3 Å². The summed E-state index contributed by atoms with van der Waals surface area (Å²) in [6.45, 7) is 0. The van der Waals surface area contributed by atoms with Gasteiger partial charge in [0.1, 0.15) is 0 Å². The van der Waals surface area contributed by atoms with Gasteiger partial charge in [-0.1, -0.05) is 24.3 Å². The minimum absolute atomic E-state index is 0.194. The first-order valence-electron chi connectivity index (χ1n) is 6.11. The van der Waals surface area contributed by atoms with E-state index in [1.807, 2.05) is 30.3 Å². The fraction of sp³-hybridized carbons (Fsp3) is 0.0714. The molecule has 0 aliphatic rings. The van der Waals surface area contributed by atoms with Gasteiger partial charge in [0.25, 0.3) is 0 Å². The molecule has 0 saturated carbocycles. The quantitative estimate of drug-likeness (QED) is 0.567. The normalized spacial score (nSPS) is 11.6. The van der Waals surface area contributed by atoms with Gasteiger partial charge in [-0.25, -0.2) is 13.4 Å². The average Bonchev–Trinajstić information content (AvgIpc) is 2.53. The van der Waals surface area contributed by atoms with Crippen LogP contribution < -0.4 is 0 Å². The molecule has 5 nitrogen and oxygen atoms in total. The van der Waals surface area contributed by atoms with Gasteiger partial charge in [-0.2, -0.15) is 4.40 Å². The van der Waals surface area contributed by atoms with E-state index in [0.717, 1.165) is 11.9 Å². The molecule has 2 aromatic rings. The summed E-state index contributed by atoms with van der Waals surface area (Å²) in [4.78, 5) is 8.50. The number of pyridine rings is 1. The van der Waals surface area contributed by atoms with Crippen LogP contribution in [0.15, 0.2) is 57.9 Å². The number of benzene rings is 1. The summed E-state index contributed by atoms with van der Waals surface area (Å²) in [5.74, 6) is 0. The second-order valence-corrected chi connectivity index (χ2v) is 7.60. The average molecular weight is 414 g/mol. The van der Waals surface area contributed by atoms with Crippen molar-refractivity contribution >= 4 is 48.3 Å². The van der Waals surface area contributed by atoms with Crippen LogP contribution in [0.3, 0.4) is 0 Å². The molecule has 23 heavy (non-hydrogen) atoms. The molecule has 0 fully saturated rings. The van der Waals surface area contributed by atoms with Gasteiger partial charge in [0.15, 0.2) is 0 Å². The maximum absolute atomic E-state index is 10.9. The van der Waals surface area contributed by atoms with E-state index in [9.17, 15) is 8.42 Å². The summed E-state index contributed by atoms with van der Waals surface area (Å²) in [7, 11) is 6.13. The Balaban J connectivity index is 0.000000816. The second kappa shape index (κ2) is 10.5. The summed E-state index contributed by atoms with van der Waals surface area (Å²) in [5.41, 5.74) is 1.92. The molecule has 0 aliphatic carbocycles. The van der Waals surface area contributed by atoms with Gasteiger partial charge in [-0.15, -0.1) is 0 Å². The summed E-state index contributed by atoms with van der Waals surface area (Å²) in [5, 5.41) is 0. The number of hydrogen-bond donors (Lipinski definition) is 0.